The maximum Gasteiger partial charge on any atom is 0.244 e. The van der Waals surface area contributed by atoms with Gasteiger partial charge in [0.2, 0.25) is 17.7 Å². The van der Waals surface area contributed by atoms with Crippen molar-refractivity contribution in [3.8, 4) is 11.5 Å². The van der Waals surface area contributed by atoms with Gasteiger partial charge < -0.3 is 14.8 Å². The summed E-state index contributed by atoms with van der Waals surface area (Å²) in [6.45, 7) is -0.285. The van der Waals surface area contributed by atoms with Crippen molar-refractivity contribution in [2.75, 3.05) is 26.1 Å². The fourth-order valence-corrected chi connectivity index (χ4v) is 2.03. The number of methoxy groups -OCH3 is 2. The lowest BCUT2D eigenvalue weighted by Crippen LogP contribution is -2.36. The zero-order valence-corrected chi connectivity index (χ0v) is 11.8. The Hall–Kier alpha value is -2.57. The van der Waals surface area contributed by atoms with Crippen molar-refractivity contribution in [3.63, 3.8) is 0 Å². The zero-order valence-electron chi connectivity index (χ0n) is 11.8. The molecule has 7 nitrogen and oxygen atoms in total. The Morgan fingerprint density at radius 2 is 1.86 bits per heavy atom. The van der Waals surface area contributed by atoms with Gasteiger partial charge in [0.1, 0.15) is 18.0 Å². The minimum atomic E-state index is -0.456. The van der Waals surface area contributed by atoms with E-state index in [2.05, 4.69) is 5.32 Å². The van der Waals surface area contributed by atoms with Crippen LogP contribution in [0.3, 0.4) is 0 Å². The molecule has 0 bridgehead atoms. The number of hydrogen-bond acceptors (Lipinski definition) is 5. The zero-order chi connectivity index (χ0) is 15.4. The summed E-state index contributed by atoms with van der Waals surface area (Å²) >= 11 is 0. The van der Waals surface area contributed by atoms with Gasteiger partial charge in [-0.15, -0.1) is 0 Å². The Labute approximate surface area is 121 Å². The molecular formula is C14H16N2O5. The molecule has 0 aliphatic carbocycles. The van der Waals surface area contributed by atoms with E-state index < -0.39 is 5.91 Å². The largest absolute Gasteiger partial charge is 0.497 e. The maximum atomic E-state index is 11.9. The SMILES string of the molecule is COc1ccc(NC(=O)CN2C(=O)CCC2=O)c(OC)c1. The Morgan fingerprint density at radius 1 is 1.19 bits per heavy atom. The molecular weight excluding hydrogens is 276 g/mol. The van der Waals surface area contributed by atoms with E-state index >= 15 is 0 Å². The second kappa shape index (κ2) is 6.25. The molecule has 3 amide bonds. The third kappa shape index (κ3) is 3.31. The number of anilines is 1. The van der Waals surface area contributed by atoms with Gasteiger partial charge in [0, 0.05) is 18.9 Å². The molecule has 0 radical (unpaired) electrons. The first-order valence-corrected chi connectivity index (χ1v) is 6.40. The lowest BCUT2D eigenvalue weighted by molar-refractivity contribution is -0.141. The molecule has 0 unspecified atom stereocenters. The van der Waals surface area contributed by atoms with Crippen LogP contribution in [-0.4, -0.2) is 43.4 Å². The molecule has 1 aliphatic heterocycles. The molecule has 1 saturated heterocycles. The summed E-state index contributed by atoms with van der Waals surface area (Å²) in [5.41, 5.74) is 0.447. The number of likely N-dealkylation sites (tertiary alicyclic amines) is 1. The van der Waals surface area contributed by atoms with Crippen molar-refractivity contribution in [3.05, 3.63) is 18.2 Å². The standard InChI is InChI=1S/C14H16N2O5/c1-20-9-3-4-10(11(7-9)21-2)15-12(17)8-16-13(18)5-6-14(16)19/h3-4,7H,5-6,8H2,1-2H3,(H,15,17). The van der Waals surface area contributed by atoms with E-state index in [4.69, 9.17) is 9.47 Å². The number of ether oxygens (including phenoxy) is 2. The number of amides is 3. The van der Waals surface area contributed by atoms with Crippen LogP contribution in [0.5, 0.6) is 11.5 Å². The Balaban J connectivity index is 2.06. The van der Waals surface area contributed by atoms with Crippen LogP contribution >= 0.6 is 0 Å². The minimum absolute atomic E-state index is 0.165. The molecule has 0 saturated carbocycles. The summed E-state index contributed by atoms with van der Waals surface area (Å²) in [6.07, 6.45) is 0.329. The van der Waals surface area contributed by atoms with Crippen LogP contribution in [0.2, 0.25) is 0 Å². The highest BCUT2D eigenvalue weighted by Gasteiger charge is 2.30. The molecule has 1 aliphatic rings. The molecule has 0 spiro atoms. The van der Waals surface area contributed by atoms with Gasteiger partial charge in [0.05, 0.1) is 19.9 Å². The summed E-state index contributed by atoms with van der Waals surface area (Å²) in [5.74, 6) is -0.0766. The number of nitrogens with one attached hydrogen (secondary N) is 1. The maximum absolute atomic E-state index is 11.9. The Morgan fingerprint density at radius 3 is 2.43 bits per heavy atom. The molecule has 1 aromatic rings. The van der Waals surface area contributed by atoms with E-state index in [-0.39, 0.29) is 31.2 Å². The average molecular weight is 292 g/mol. The number of nitrogens with zero attached hydrogens (tertiary/aromatic N) is 1. The number of rotatable bonds is 5. The molecule has 7 heteroatoms. The van der Waals surface area contributed by atoms with Gasteiger partial charge in [-0.1, -0.05) is 0 Å². The van der Waals surface area contributed by atoms with E-state index in [0.717, 1.165) is 4.90 Å². The normalized spacial score (nSPS) is 14.3. The molecule has 1 N–H and O–H groups in total. The van der Waals surface area contributed by atoms with Crippen LogP contribution in [0.25, 0.3) is 0 Å². The summed E-state index contributed by atoms with van der Waals surface area (Å²) in [5, 5.41) is 2.62. The van der Waals surface area contributed by atoms with Gasteiger partial charge in [-0.2, -0.15) is 0 Å². The van der Waals surface area contributed by atoms with Gasteiger partial charge in [0.25, 0.3) is 0 Å². The highest BCUT2D eigenvalue weighted by Crippen LogP contribution is 2.29. The summed E-state index contributed by atoms with van der Waals surface area (Å²) in [7, 11) is 3.00. The molecule has 1 aromatic carbocycles. The van der Waals surface area contributed by atoms with Gasteiger partial charge in [0.15, 0.2) is 0 Å². The predicted octanol–water partition coefficient (Wildman–Crippen LogP) is 0.791. The number of hydrogen-bond donors (Lipinski definition) is 1. The third-order valence-corrected chi connectivity index (χ3v) is 3.14. The van der Waals surface area contributed by atoms with Crippen molar-refractivity contribution in [1.82, 2.24) is 4.90 Å². The van der Waals surface area contributed by atoms with Gasteiger partial charge in [-0.3, -0.25) is 19.3 Å². The van der Waals surface area contributed by atoms with Gasteiger partial charge in [-0.05, 0) is 12.1 Å². The van der Waals surface area contributed by atoms with Crippen LogP contribution in [-0.2, 0) is 14.4 Å². The summed E-state index contributed by atoms with van der Waals surface area (Å²) in [6, 6.07) is 4.93. The van der Waals surface area contributed by atoms with Crippen molar-refractivity contribution in [1.29, 1.82) is 0 Å². The monoisotopic (exact) mass is 292 g/mol. The highest BCUT2D eigenvalue weighted by molar-refractivity contribution is 6.06. The molecule has 2 rings (SSSR count). The van der Waals surface area contributed by atoms with Crippen molar-refractivity contribution < 1.29 is 23.9 Å². The van der Waals surface area contributed by atoms with Crippen molar-refractivity contribution >= 4 is 23.4 Å². The number of carbonyl (C=O) groups is 3. The molecule has 112 valence electrons. The fraction of sp³-hybridized carbons (Fsp3) is 0.357. The first-order chi connectivity index (χ1) is 10.0. The van der Waals surface area contributed by atoms with Crippen LogP contribution in [0.4, 0.5) is 5.69 Å². The van der Waals surface area contributed by atoms with E-state index in [1.807, 2.05) is 0 Å². The minimum Gasteiger partial charge on any atom is -0.497 e. The van der Waals surface area contributed by atoms with Crippen LogP contribution in [0.1, 0.15) is 12.8 Å². The predicted molar refractivity (Wildman–Crippen MR) is 74.1 cm³/mol. The van der Waals surface area contributed by atoms with Crippen molar-refractivity contribution in [2.24, 2.45) is 0 Å². The lowest BCUT2D eigenvalue weighted by Gasteiger charge is -2.15. The first-order valence-electron chi connectivity index (χ1n) is 6.40. The van der Waals surface area contributed by atoms with E-state index in [0.29, 0.717) is 17.2 Å². The number of carbonyl (C=O) groups excluding carboxylic acids is 3. The molecule has 1 fully saturated rings. The average Bonchev–Trinajstić information content (AvgIpc) is 2.79. The summed E-state index contributed by atoms with van der Waals surface area (Å²) in [4.78, 5) is 35.8. The topological polar surface area (TPSA) is 84.9 Å². The van der Waals surface area contributed by atoms with E-state index in [1.54, 1.807) is 18.2 Å². The Bertz CT molecular complexity index is 569. The molecule has 1 heterocycles. The van der Waals surface area contributed by atoms with Gasteiger partial charge >= 0.3 is 0 Å². The van der Waals surface area contributed by atoms with E-state index in [1.165, 1.54) is 14.2 Å². The van der Waals surface area contributed by atoms with Crippen LogP contribution in [0, 0.1) is 0 Å². The smallest absolute Gasteiger partial charge is 0.244 e. The molecule has 0 aromatic heterocycles. The van der Waals surface area contributed by atoms with Crippen LogP contribution < -0.4 is 14.8 Å². The Kier molecular flexibility index (Phi) is 4.42. The summed E-state index contributed by atoms with van der Waals surface area (Å²) < 4.78 is 10.2. The number of imide groups is 1. The number of benzene rings is 1. The highest BCUT2D eigenvalue weighted by atomic mass is 16.5. The molecule has 21 heavy (non-hydrogen) atoms. The third-order valence-electron chi connectivity index (χ3n) is 3.14. The lowest BCUT2D eigenvalue weighted by atomic mass is 10.2. The first kappa shape index (κ1) is 14.8. The van der Waals surface area contributed by atoms with E-state index in [9.17, 15) is 14.4 Å². The second-order valence-corrected chi connectivity index (χ2v) is 4.49. The molecule has 0 atom stereocenters. The van der Waals surface area contributed by atoms with Crippen LogP contribution in [0.15, 0.2) is 18.2 Å². The quantitative estimate of drug-likeness (QED) is 0.811. The second-order valence-electron chi connectivity index (χ2n) is 4.49. The van der Waals surface area contributed by atoms with Crippen molar-refractivity contribution in [2.45, 2.75) is 12.8 Å². The van der Waals surface area contributed by atoms with Gasteiger partial charge in [-0.25, -0.2) is 0 Å². The fourth-order valence-electron chi connectivity index (χ4n) is 2.03.